The fourth-order valence-corrected chi connectivity index (χ4v) is 2.81. The van der Waals surface area contributed by atoms with E-state index in [4.69, 9.17) is 9.47 Å². The highest BCUT2D eigenvalue weighted by Crippen LogP contribution is 2.18. The van der Waals surface area contributed by atoms with Gasteiger partial charge in [-0.15, -0.1) is 0 Å². The van der Waals surface area contributed by atoms with E-state index in [1.54, 1.807) is 0 Å². The summed E-state index contributed by atoms with van der Waals surface area (Å²) in [5, 5.41) is 3.38. The Hall–Kier alpha value is -2.94. The highest BCUT2D eigenvalue weighted by Gasteiger charge is 1.99. The van der Waals surface area contributed by atoms with Crippen LogP contribution >= 0.6 is 0 Å². The summed E-state index contributed by atoms with van der Waals surface area (Å²) in [6.07, 6.45) is 2.04. The zero-order chi connectivity index (χ0) is 18.7. The number of benzene rings is 3. The van der Waals surface area contributed by atoms with Crippen molar-refractivity contribution in [2.75, 3.05) is 25.1 Å². The molecule has 0 aliphatic carbocycles. The molecule has 0 atom stereocenters. The van der Waals surface area contributed by atoms with Gasteiger partial charge in [0.15, 0.2) is 0 Å². The van der Waals surface area contributed by atoms with Crippen LogP contribution in [-0.4, -0.2) is 19.8 Å². The fraction of sp³-hybridized carbons (Fsp3) is 0.250. The van der Waals surface area contributed by atoms with Crippen LogP contribution in [0, 0.1) is 6.92 Å². The number of nitrogens with one attached hydrogen (secondary N) is 1. The van der Waals surface area contributed by atoms with E-state index >= 15 is 0 Å². The van der Waals surface area contributed by atoms with Gasteiger partial charge in [0.1, 0.15) is 18.1 Å². The first-order valence-electron chi connectivity index (χ1n) is 9.50. The minimum atomic E-state index is 0.616. The van der Waals surface area contributed by atoms with Crippen molar-refractivity contribution < 1.29 is 9.47 Å². The van der Waals surface area contributed by atoms with Gasteiger partial charge in [-0.3, -0.25) is 0 Å². The van der Waals surface area contributed by atoms with Crippen molar-refractivity contribution in [1.82, 2.24) is 0 Å². The summed E-state index contributed by atoms with van der Waals surface area (Å²) in [6.45, 7) is 4.15. The molecule has 0 heterocycles. The topological polar surface area (TPSA) is 30.5 Å². The third-order valence-corrected chi connectivity index (χ3v) is 4.28. The van der Waals surface area contributed by atoms with Gasteiger partial charge in [-0.1, -0.05) is 54.1 Å². The quantitative estimate of drug-likeness (QED) is 0.484. The maximum Gasteiger partial charge on any atom is 0.121 e. The maximum absolute atomic E-state index is 5.88. The van der Waals surface area contributed by atoms with Gasteiger partial charge in [0.05, 0.1) is 6.61 Å². The van der Waals surface area contributed by atoms with Crippen LogP contribution in [0.5, 0.6) is 11.5 Å². The lowest BCUT2D eigenvalue weighted by Gasteiger charge is -2.11. The van der Waals surface area contributed by atoms with Crippen LogP contribution in [0.1, 0.15) is 17.5 Å². The fourth-order valence-electron chi connectivity index (χ4n) is 2.81. The monoisotopic (exact) mass is 361 g/mol. The van der Waals surface area contributed by atoms with Crippen molar-refractivity contribution in [3.63, 3.8) is 0 Å². The third-order valence-electron chi connectivity index (χ3n) is 4.28. The highest BCUT2D eigenvalue weighted by molar-refractivity contribution is 5.48. The summed E-state index contributed by atoms with van der Waals surface area (Å²) >= 11 is 0. The van der Waals surface area contributed by atoms with Crippen LogP contribution in [0.3, 0.4) is 0 Å². The van der Waals surface area contributed by atoms with Crippen molar-refractivity contribution in [2.24, 2.45) is 0 Å². The molecule has 3 heteroatoms. The molecule has 0 aliphatic heterocycles. The Balaban J connectivity index is 1.36. The minimum absolute atomic E-state index is 0.616. The lowest BCUT2D eigenvalue weighted by Crippen LogP contribution is -2.11. The van der Waals surface area contributed by atoms with Gasteiger partial charge < -0.3 is 14.8 Å². The summed E-state index contributed by atoms with van der Waals surface area (Å²) < 4.78 is 11.6. The molecule has 0 unspecified atom stereocenters. The van der Waals surface area contributed by atoms with Gasteiger partial charge in [-0.05, 0) is 49.6 Å². The number of ether oxygens (including phenoxy) is 2. The molecule has 0 saturated carbocycles. The van der Waals surface area contributed by atoms with E-state index < -0.39 is 0 Å². The van der Waals surface area contributed by atoms with Crippen LogP contribution in [0.4, 0.5) is 5.69 Å². The van der Waals surface area contributed by atoms with E-state index in [0.717, 1.165) is 43.2 Å². The summed E-state index contributed by atoms with van der Waals surface area (Å²) in [4.78, 5) is 0. The van der Waals surface area contributed by atoms with Crippen LogP contribution in [0.25, 0.3) is 0 Å². The average molecular weight is 361 g/mol. The Morgan fingerprint density at radius 2 is 1.52 bits per heavy atom. The molecule has 0 aromatic heterocycles. The van der Waals surface area contributed by atoms with Crippen LogP contribution in [-0.2, 0) is 6.42 Å². The first kappa shape index (κ1) is 18.8. The number of hydrogen-bond donors (Lipinski definition) is 1. The second-order valence-corrected chi connectivity index (χ2v) is 6.55. The van der Waals surface area contributed by atoms with Crippen molar-refractivity contribution >= 4 is 5.69 Å². The van der Waals surface area contributed by atoms with Gasteiger partial charge in [0.25, 0.3) is 0 Å². The smallest absolute Gasteiger partial charge is 0.121 e. The molecule has 3 nitrogen and oxygen atoms in total. The van der Waals surface area contributed by atoms with Gasteiger partial charge in [0, 0.05) is 18.3 Å². The van der Waals surface area contributed by atoms with E-state index in [0.29, 0.717) is 6.61 Å². The third kappa shape index (κ3) is 6.70. The standard InChI is InChI=1S/C24H27NO2/c1-20-12-14-23(15-13-20)27-18-16-25-22-10-5-11-24(19-22)26-17-6-9-21-7-3-2-4-8-21/h2-5,7-8,10-15,19,25H,6,9,16-18H2,1H3. The normalized spacial score (nSPS) is 10.4. The van der Waals surface area contributed by atoms with Crippen LogP contribution < -0.4 is 14.8 Å². The van der Waals surface area contributed by atoms with E-state index in [2.05, 4.69) is 48.6 Å². The maximum atomic E-state index is 5.88. The molecule has 0 fully saturated rings. The molecule has 0 amide bonds. The minimum Gasteiger partial charge on any atom is -0.494 e. The van der Waals surface area contributed by atoms with Crippen molar-refractivity contribution in [3.8, 4) is 11.5 Å². The Bertz CT molecular complexity index is 800. The van der Waals surface area contributed by atoms with Crippen molar-refractivity contribution in [1.29, 1.82) is 0 Å². The SMILES string of the molecule is Cc1ccc(OCCNc2cccc(OCCCc3ccccc3)c2)cc1. The van der Waals surface area contributed by atoms with E-state index in [9.17, 15) is 0 Å². The summed E-state index contributed by atoms with van der Waals surface area (Å²) in [7, 11) is 0. The van der Waals surface area contributed by atoms with E-state index in [-0.39, 0.29) is 0 Å². The molecule has 0 aliphatic rings. The van der Waals surface area contributed by atoms with Gasteiger partial charge in [-0.25, -0.2) is 0 Å². The zero-order valence-corrected chi connectivity index (χ0v) is 15.9. The molecule has 27 heavy (non-hydrogen) atoms. The van der Waals surface area contributed by atoms with Crippen molar-refractivity contribution in [3.05, 3.63) is 90.0 Å². The first-order chi connectivity index (χ1) is 13.3. The van der Waals surface area contributed by atoms with Crippen LogP contribution in [0.15, 0.2) is 78.9 Å². The van der Waals surface area contributed by atoms with E-state index in [1.165, 1.54) is 11.1 Å². The average Bonchev–Trinajstić information content (AvgIpc) is 2.71. The summed E-state index contributed by atoms with van der Waals surface area (Å²) in [5.41, 5.74) is 3.63. The van der Waals surface area contributed by atoms with Gasteiger partial charge in [0.2, 0.25) is 0 Å². The summed E-state index contributed by atoms with van der Waals surface area (Å²) in [5.74, 6) is 1.80. The predicted molar refractivity (Wildman–Crippen MR) is 112 cm³/mol. The Labute approximate surface area is 162 Å². The molecule has 0 bridgehead atoms. The first-order valence-corrected chi connectivity index (χ1v) is 9.50. The van der Waals surface area contributed by atoms with E-state index in [1.807, 2.05) is 42.5 Å². The number of anilines is 1. The lowest BCUT2D eigenvalue weighted by molar-refractivity contribution is 0.311. The molecule has 0 spiro atoms. The molecule has 3 aromatic rings. The molecule has 3 aromatic carbocycles. The number of aryl methyl sites for hydroxylation is 2. The molecule has 140 valence electrons. The molecule has 0 saturated heterocycles. The molecular formula is C24H27NO2. The zero-order valence-electron chi connectivity index (χ0n) is 15.9. The van der Waals surface area contributed by atoms with Crippen LogP contribution in [0.2, 0.25) is 0 Å². The predicted octanol–water partition coefficient (Wildman–Crippen LogP) is 5.50. The number of hydrogen-bond acceptors (Lipinski definition) is 3. The van der Waals surface area contributed by atoms with Gasteiger partial charge >= 0.3 is 0 Å². The lowest BCUT2D eigenvalue weighted by atomic mass is 10.1. The Morgan fingerprint density at radius 1 is 0.741 bits per heavy atom. The highest BCUT2D eigenvalue weighted by atomic mass is 16.5. The molecular weight excluding hydrogens is 334 g/mol. The Morgan fingerprint density at radius 3 is 2.33 bits per heavy atom. The second-order valence-electron chi connectivity index (χ2n) is 6.55. The van der Waals surface area contributed by atoms with Gasteiger partial charge in [-0.2, -0.15) is 0 Å². The summed E-state index contributed by atoms with van der Waals surface area (Å²) in [6, 6.07) is 26.7. The Kier molecular flexibility index (Phi) is 7.16. The van der Waals surface area contributed by atoms with Crippen molar-refractivity contribution in [2.45, 2.75) is 19.8 Å². The molecule has 1 N–H and O–H groups in total. The largest absolute Gasteiger partial charge is 0.494 e. The molecule has 3 rings (SSSR count). The number of rotatable bonds is 10. The second kappa shape index (κ2) is 10.3. The molecule has 0 radical (unpaired) electrons.